The van der Waals surface area contributed by atoms with Crippen LogP contribution in [0.15, 0.2) is 30.3 Å². The highest BCUT2D eigenvalue weighted by atomic mass is 19.4. The molecule has 1 saturated heterocycles. The standard InChI is InChI=1S/C16H16F4N2O2/c17-13-6-2-1-4-10(13)5-3-7-14(23)22-8-11(15(21)24)12(9-22)16(18,19)20/h1-6,11-12H,7-9H2,(H2,21,24)/b5-3+/t11-,12-/m1/s1. The maximum absolute atomic E-state index is 13.4. The van der Waals surface area contributed by atoms with Crippen molar-refractivity contribution >= 4 is 17.9 Å². The van der Waals surface area contributed by atoms with E-state index in [9.17, 15) is 27.2 Å². The molecular formula is C16H16F4N2O2. The Hall–Kier alpha value is -2.38. The maximum Gasteiger partial charge on any atom is 0.394 e. The number of carbonyl (C=O) groups is 2. The minimum Gasteiger partial charge on any atom is -0.369 e. The first-order valence-electron chi connectivity index (χ1n) is 7.25. The highest BCUT2D eigenvalue weighted by Gasteiger charge is 2.52. The molecule has 1 fully saturated rings. The second kappa shape index (κ2) is 7.02. The molecule has 2 N–H and O–H groups in total. The smallest absolute Gasteiger partial charge is 0.369 e. The summed E-state index contributed by atoms with van der Waals surface area (Å²) in [5.74, 6) is -5.50. The Bertz CT molecular complexity index is 658. The Labute approximate surface area is 135 Å². The van der Waals surface area contributed by atoms with Gasteiger partial charge in [-0.2, -0.15) is 13.2 Å². The van der Waals surface area contributed by atoms with Crippen LogP contribution in [0, 0.1) is 17.7 Å². The SMILES string of the molecule is NC(=O)[C@@H]1CN(C(=O)C/C=C/c2ccccc2F)C[C@H]1C(F)(F)F. The highest BCUT2D eigenvalue weighted by Crippen LogP contribution is 2.37. The van der Waals surface area contributed by atoms with Crippen molar-refractivity contribution in [1.29, 1.82) is 0 Å². The molecule has 0 saturated carbocycles. The molecule has 24 heavy (non-hydrogen) atoms. The predicted octanol–water partition coefficient (Wildman–Crippen LogP) is 2.35. The summed E-state index contributed by atoms with van der Waals surface area (Å²) in [6, 6.07) is 5.90. The van der Waals surface area contributed by atoms with Gasteiger partial charge >= 0.3 is 6.18 Å². The maximum atomic E-state index is 13.4. The molecule has 0 unspecified atom stereocenters. The number of hydrogen-bond donors (Lipinski definition) is 1. The van der Waals surface area contributed by atoms with Crippen LogP contribution in [0.5, 0.6) is 0 Å². The topological polar surface area (TPSA) is 63.4 Å². The highest BCUT2D eigenvalue weighted by molar-refractivity contribution is 5.82. The van der Waals surface area contributed by atoms with Crippen molar-refractivity contribution in [2.24, 2.45) is 17.6 Å². The van der Waals surface area contributed by atoms with Gasteiger partial charge in [-0.05, 0) is 6.07 Å². The first-order chi connectivity index (χ1) is 11.2. The van der Waals surface area contributed by atoms with E-state index >= 15 is 0 Å². The molecule has 1 aliphatic heterocycles. The van der Waals surface area contributed by atoms with Gasteiger partial charge in [0.2, 0.25) is 11.8 Å². The van der Waals surface area contributed by atoms with Crippen molar-refractivity contribution in [2.75, 3.05) is 13.1 Å². The molecule has 2 rings (SSSR count). The number of carbonyl (C=O) groups excluding carboxylic acids is 2. The van der Waals surface area contributed by atoms with Crippen molar-refractivity contribution < 1.29 is 27.2 Å². The summed E-state index contributed by atoms with van der Waals surface area (Å²) in [6.45, 7) is -0.949. The number of hydrogen-bond acceptors (Lipinski definition) is 2. The lowest BCUT2D eigenvalue weighted by Crippen LogP contribution is -2.37. The first kappa shape index (κ1) is 18.0. The van der Waals surface area contributed by atoms with E-state index in [1.165, 1.54) is 30.4 Å². The molecule has 130 valence electrons. The number of alkyl halides is 3. The Morgan fingerprint density at radius 3 is 2.46 bits per heavy atom. The lowest BCUT2D eigenvalue weighted by Gasteiger charge is -2.18. The van der Waals surface area contributed by atoms with E-state index in [1.807, 2.05) is 0 Å². The molecule has 0 radical (unpaired) electrons. The van der Waals surface area contributed by atoms with E-state index in [0.29, 0.717) is 0 Å². The summed E-state index contributed by atoms with van der Waals surface area (Å²) < 4.78 is 52.2. The van der Waals surface area contributed by atoms with Crippen molar-refractivity contribution in [1.82, 2.24) is 4.90 Å². The average Bonchev–Trinajstić information content (AvgIpc) is 2.95. The quantitative estimate of drug-likeness (QED) is 0.852. The van der Waals surface area contributed by atoms with E-state index in [2.05, 4.69) is 0 Å². The van der Waals surface area contributed by atoms with Gasteiger partial charge in [-0.3, -0.25) is 9.59 Å². The van der Waals surface area contributed by atoms with Crippen molar-refractivity contribution in [3.05, 3.63) is 41.7 Å². The van der Waals surface area contributed by atoms with Gasteiger partial charge in [-0.1, -0.05) is 30.4 Å². The molecular weight excluding hydrogens is 328 g/mol. The molecule has 1 aromatic rings. The third-order valence-corrected chi connectivity index (χ3v) is 3.95. The van der Waals surface area contributed by atoms with Gasteiger partial charge in [0, 0.05) is 25.1 Å². The van der Waals surface area contributed by atoms with E-state index in [-0.39, 0.29) is 18.5 Å². The number of nitrogens with zero attached hydrogens (tertiary/aromatic N) is 1. The zero-order chi connectivity index (χ0) is 17.9. The van der Waals surface area contributed by atoms with Gasteiger partial charge in [0.1, 0.15) is 5.82 Å². The monoisotopic (exact) mass is 344 g/mol. The molecule has 2 atom stereocenters. The van der Waals surface area contributed by atoms with Gasteiger partial charge in [-0.15, -0.1) is 0 Å². The number of primary amides is 1. The van der Waals surface area contributed by atoms with Gasteiger partial charge in [0.25, 0.3) is 0 Å². The van der Waals surface area contributed by atoms with Crippen LogP contribution < -0.4 is 5.73 Å². The number of likely N-dealkylation sites (tertiary alicyclic amines) is 1. The van der Waals surface area contributed by atoms with Crippen LogP contribution in [-0.2, 0) is 9.59 Å². The molecule has 0 bridgehead atoms. The fraction of sp³-hybridized carbons (Fsp3) is 0.375. The summed E-state index contributed by atoms with van der Waals surface area (Å²) >= 11 is 0. The lowest BCUT2D eigenvalue weighted by molar-refractivity contribution is -0.182. The Balaban J connectivity index is 2.00. The average molecular weight is 344 g/mol. The zero-order valence-corrected chi connectivity index (χ0v) is 12.6. The van der Waals surface area contributed by atoms with Crippen LogP contribution in [-0.4, -0.2) is 36.0 Å². The van der Waals surface area contributed by atoms with Crippen molar-refractivity contribution in [3.63, 3.8) is 0 Å². The number of benzene rings is 1. The molecule has 4 nitrogen and oxygen atoms in total. The number of rotatable bonds is 4. The Morgan fingerprint density at radius 1 is 1.25 bits per heavy atom. The minimum atomic E-state index is -4.60. The van der Waals surface area contributed by atoms with Crippen LogP contribution in [0.25, 0.3) is 6.08 Å². The first-order valence-corrected chi connectivity index (χ1v) is 7.25. The molecule has 0 aliphatic carbocycles. The second-order valence-corrected chi connectivity index (χ2v) is 5.58. The molecule has 1 aliphatic rings. The number of amides is 2. The largest absolute Gasteiger partial charge is 0.394 e. The summed E-state index contributed by atoms with van der Waals surface area (Å²) in [7, 11) is 0. The molecule has 8 heteroatoms. The number of halogens is 4. The third kappa shape index (κ3) is 4.12. The molecule has 2 amide bonds. The molecule has 1 heterocycles. The second-order valence-electron chi connectivity index (χ2n) is 5.58. The lowest BCUT2D eigenvalue weighted by atomic mass is 9.95. The Kier molecular flexibility index (Phi) is 5.26. The summed E-state index contributed by atoms with van der Waals surface area (Å²) in [6.07, 6.45) is -2.03. The fourth-order valence-electron chi connectivity index (χ4n) is 2.65. The summed E-state index contributed by atoms with van der Waals surface area (Å²) in [5.41, 5.74) is 5.28. The molecule has 0 spiro atoms. The van der Waals surface area contributed by atoms with Gasteiger partial charge in [0.15, 0.2) is 0 Å². The minimum absolute atomic E-state index is 0.190. The summed E-state index contributed by atoms with van der Waals surface area (Å²) in [5, 5.41) is 0. The van der Waals surface area contributed by atoms with E-state index in [0.717, 1.165) is 4.90 Å². The van der Waals surface area contributed by atoms with E-state index in [4.69, 9.17) is 5.73 Å². The number of nitrogens with two attached hydrogens (primary N) is 1. The van der Waals surface area contributed by atoms with Gasteiger partial charge in [0.05, 0.1) is 11.8 Å². The predicted molar refractivity (Wildman–Crippen MR) is 78.9 cm³/mol. The van der Waals surface area contributed by atoms with E-state index in [1.54, 1.807) is 6.07 Å². The van der Waals surface area contributed by atoms with E-state index < -0.39 is 42.2 Å². The van der Waals surface area contributed by atoms with Crippen molar-refractivity contribution in [2.45, 2.75) is 12.6 Å². The normalized spacial score (nSPS) is 21.4. The van der Waals surface area contributed by atoms with Crippen LogP contribution in [0.3, 0.4) is 0 Å². The fourth-order valence-corrected chi connectivity index (χ4v) is 2.65. The molecule has 1 aromatic carbocycles. The van der Waals surface area contributed by atoms with Gasteiger partial charge in [-0.25, -0.2) is 4.39 Å². The Morgan fingerprint density at radius 2 is 1.92 bits per heavy atom. The van der Waals surface area contributed by atoms with Crippen LogP contribution >= 0.6 is 0 Å². The van der Waals surface area contributed by atoms with Crippen LogP contribution in [0.4, 0.5) is 17.6 Å². The molecule has 0 aromatic heterocycles. The zero-order valence-electron chi connectivity index (χ0n) is 12.6. The van der Waals surface area contributed by atoms with Crippen LogP contribution in [0.2, 0.25) is 0 Å². The van der Waals surface area contributed by atoms with Gasteiger partial charge < -0.3 is 10.6 Å². The van der Waals surface area contributed by atoms with Crippen molar-refractivity contribution in [3.8, 4) is 0 Å². The third-order valence-electron chi connectivity index (χ3n) is 3.95. The van der Waals surface area contributed by atoms with Crippen LogP contribution in [0.1, 0.15) is 12.0 Å². The summed E-state index contributed by atoms with van der Waals surface area (Å²) in [4.78, 5) is 24.2.